The van der Waals surface area contributed by atoms with Gasteiger partial charge in [0.15, 0.2) is 0 Å². The van der Waals surface area contributed by atoms with Crippen LogP contribution in [-0.2, 0) is 4.79 Å². The van der Waals surface area contributed by atoms with Crippen molar-refractivity contribution < 1.29 is 9.90 Å². The van der Waals surface area contributed by atoms with E-state index in [0.29, 0.717) is 0 Å². The molecule has 0 N–H and O–H groups in total. The van der Waals surface area contributed by atoms with Crippen LogP contribution >= 0.6 is 23.2 Å². The van der Waals surface area contributed by atoms with E-state index < -0.39 is 11.9 Å². The van der Waals surface area contributed by atoms with Crippen LogP contribution in [0.1, 0.15) is 13.8 Å². The number of halogens is 2. The summed E-state index contributed by atoms with van der Waals surface area (Å²) < 4.78 is 0.122. The Morgan fingerprint density at radius 2 is 2.00 bits per heavy atom. The highest BCUT2D eigenvalue weighted by atomic mass is 35.5. The average molecular weight is 208 g/mol. The van der Waals surface area contributed by atoms with E-state index in [9.17, 15) is 9.90 Å². The average Bonchev–Trinajstić information content (AvgIpc) is 2.32. The van der Waals surface area contributed by atoms with Crippen molar-refractivity contribution in [2.24, 2.45) is 17.3 Å². The minimum atomic E-state index is -1.03. The highest BCUT2D eigenvalue weighted by molar-refractivity contribution is 6.55. The lowest BCUT2D eigenvalue weighted by Gasteiger charge is -2.01. The van der Waals surface area contributed by atoms with E-state index in [-0.39, 0.29) is 15.8 Å². The Morgan fingerprint density at radius 3 is 2.25 bits per heavy atom. The van der Waals surface area contributed by atoms with Crippen LogP contribution in [0.25, 0.3) is 0 Å². The molecule has 0 radical (unpaired) electrons. The third-order valence-corrected chi connectivity index (χ3v) is 2.72. The first-order chi connectivity index (χ1) is 5.37. The van der Waals surface area contributed by atoms with Gasteiger partial charge in [0.1, 0.15) is 4.49 Å². The fourth-order valence-electron chi connectivity index (χ4n) is 1.57. The molecular weight excluding hydrogens is 199 g/mol. The van der Waals surface area contributed by atoms with Crippen LogP contribution < -0.4 is 5.11 Å². The summed E-state index contributed by atoms with van der Waals surface area (Å²) in [6.07, 6.45) is 1.56. The van der Waals surface area contributed by atoms with Crippen LogP contribution in [0.4, 0.5) is 0 Å². The molecule has 0 aromatic heterocycles. The second-order valence-corrected chi connectivity index (χ2v) is 4.61. The van der Waals surface area contributed by atoms with Gasteiger partial charge in [-0.25, -0.2) is 0 Å². The van der Waals surface area contributed by atoms with Crippen molar-refractivity contribution in [1.29, 1.82) is 0 Å². The van der Waals surface area contributed by atoms with E-state index in [1.807, 2.05) is 13.8 Å². The van der Waals surface area contributed by atoms with Gasteiger partial charge < -0.3 is 9.90 Å². The number of hydrogen-bond donors (Lipinski definition) is 0. The zero-order valence-corrected chi connectivity index (χ0v) is 8.32. The van der Waals surface area contributed by atoms with Gasteiger partial charge in [-0.05, 0) is 17.4 Å². The maximum atomic E-state index is 10.5. The third-order valence-electron chi connectivity index (χ3n) is 2.47. The van der Waals surface area contributed by atoms with E-state index in [4.69, 9.17) is 23.2 Å². The molecule has 0 aliphatic heterocycles. The number of aliphatic carboxylic acids is 1. The molecular formula is C8H9Cl2O2-. The Kier molecular flexibility index (Phi) is 2.41. The molecule has 12 heavy (non-hydrogen) atoms. The van der Waals surface area contributed by atoms with Gasteiger partial charge in [-0.2, -0.15) is 0 Å². The van der Waals surface area contributed by atoms with Crippen molar-refractivity contribution in [1.82, 2.24) is 0 Å². The van der Waals surface area contributed by atoms with Crippen molar-refractivity contribution >= 4 is 29.2 Å². The molecule has 0 amide bonds. The topological polar surface area (TPSA) is 40.1 Å². The second-order valence-electron chi connectivity index (χ2n) is 3.60. The first kappa shape index (κ1) is 9.87. The molecule has 1 aliphatic rings. The Hall–Kier alpha value is -0.210. The van der Waals surface area contributed by atoms with Crippen LogP contribution in [0.5, 0.6) is 0 Å². The first-order valence-corrected chi connectivity index (χ1v) is 4.36. The summed E-state index contributed by atoms with van der Waals surface area (Å²) in [7, 11) is 0. The van der Waals surface area contributed by atoms with E-state index in [1.165, 1.54) is 0 Å². The highest BCUT2D eigenvalue weighted by Crippen LogP contribution is 2.59. The van der Waals surface area contributed by atoms with Crippen molar-refractivity contribution in [3.05, 3.63) is 10.6 Å². The van der Waals surface area contributed by atoms with E-state index in [2.05, 4.69) is 0 Å². The molecule has 68 valence electrons. The number of carboxylic acid groups (broad SMARTS) is 1. The predicted molar refractivity (Wildman–Crippen MR) is 45.6 cm³/mol. The van der Waals surface area contributed by atoms with Gasteiger partial charge in [0, 0.05) is 11.9 Å². The maximum Gasteiger partial charge on any atom is 0.103 e. The smallest absolute Gasteiger partial charge is 0.103 e. The molecule has 0 spiro atoms. The minimum Gasteiger partial charge on any atom is -0.550 e. The Morgan fingerprint density at radius 1 is 1.50 bits per heavy atom. The maximum absolute atomic E-state index is 10.5. The third kappa shape index (κ3) is 1.59. The summed E-state index contributed by atoms with van der Waals surface area (Å²) in [6, 6.07) is 0. The van der Waals surface area contributed by atoms with Crippen molar-refractivity contribution in [3.8, 4) is 0 Å². The minimum absolute atomic E-state index is 0.0903. The van der Waals surface area contributed by atoms with E-state index >= 15 is 0 Å². The van der Waals surface area contributed by atoms with Crippen LogP contribution in [0.2, 0.25) is 0 Å². The lowest BCUT2D eigenvalue weighted by atomic mass is 10.1. The van der Waals surface area contributed by atoms with Gasteiger partial charge in [-0.15, -0.1) is 0 Å². The van der Waals surface area contributed by atoms with E-state index in [0.717, 1.165) is 0 Å². The van der Waals surface area contributed by atoms with Gasteiger partial charge in [-0.3, -0.25) is 0 Å². The normalized spacial score (nSPS) is 31.0. The van der Waals surface area contributed by atoms with Crippen LogP contribution in [0, 0.1) is 17.3 Å². The zero-order chi connectivity index (χ0) is 9.52. The van der Waals surface area contributed by atoms with Crippen LogP contribution in [0.3, 0.4) is 0 Å². The first-order valence-electron chi connectivity index (χ1n) is 3.61. The monoisotopic (exact) mass is 207 g/mol. The predicted octanol–water partition coefficient (Wildman–Crippen LogP) is 1.33. The molecule has 2 nitrogen and oxygen atoms in total. The summed E-state index contributed by atoms with van der Waals surface area (Å²) in [4.78, 5) is 10.5. The van der Waals surface area contributed by atoms with Gasteiger partial charge in [-0.1, -0.05) is 37.0 Å². The number of allylic oxidation sites excluding steroid dienone is 1. The van der Waals surface area contributed by atoms with Gasteiger partial charge >= 0.3 is 0 Å². The Balaban J connectivity index is 2.73. The molecule has 4 heteroatoms. The van der Waals surface area contributed by atoms with Crippen LogP contribution in [-0.4, -0.2) is 5.97 Å². The van der Waals surface area contributed by atoms with E-state index in [1.54, 1.807) is 6.08 Å². The summed E-state index contributed by atoms with van der Waals surface area (Å²) in [5.41, 5.74) is -0.270. The van der Waals surface area contributed by atoms with Crippen molar-refractivity contribution in [2.45, 2.75) is 13.8 Å². The number of rotatable bonds is 2. The van der Waals surface area contributed by atoms with Gasteiger partial charge in [0.2, 0.25) is 0 Å². The highest BCUT2D eigenvalue weighted by Gasteiger charge is 2.57. The molecule has 1 rings (SSSR count). The molecule has 0 unspecified atom stereocenters. The lowest BCUT2D eigenvalue weighted by molar-refractivity contribution is -0.308. The SMILES string of the molecule is CC1(C)[C@H](C=C(Cl)Cl)[C@H]1C(=O)[O-]. The Labute approximate surface area is 81.2 Å². The summed E-state index contributed by atoms with van der Waals surface area (Å²) in [5, 5.41) is 10.5. The second kappa shape index (κ2) is 2.93. The van der Waals surface area contributed by atoms with Gasteiger partial charge in [0.25, 0.3) is 0 Å². The number of carboxylic acids is 1. The van der Waals surface area contributed by atoms with Gasteiger partial charge in [0.05, 0.1) is 0 Å². The molecule has 2 atom stereocenters. The lowest BCUT2D eigenvalue weighted by Crippen LogP contribution is -2.26. The largest absolute Gasteiger partial charge is 0.550 e. The molecule has 1 saturated carbocycles. The molecule has 0 aromatic carbocycles. The number of carbonyl (C=O) groups excluding carboxylic acids is 1. The quantitative estimate of drug-likeness (QED) is 0.686. The summed E-state index contributed by atoms with van der Waals surface area (Å²) in [6.45, 7) is 3.71. The fraction of sp³-hybridized carbons (Fsp3) is 0.625. The zero-order valence-electron chi connectivity index (χ0n) is 6.80. The van der Waals surface area contributed by atoms with Crippen molar-refractivity contribution in [3.63, 3.8) is 0 Å². The molecule has 0 aromatic rings. The molecule has 0 bridgehead atoms. The summed E-state index contributed by atoms with van der Waals surface area (Å²) in [5.74, 6) is -1.58. The summed E-state index contributed by atoms with van der Waals surface area (Å²) >= 11 is 10.8. The molecule has 0 heterocycles. The van der Waals surface area contributed by atoms with Crippen molar-refractivity contribution in [2.75, 3.05) is 0 Å². The number of hydrogen-bond acceptors (Lipinski definition) is 2. The molecule has 1 aliphatic carbocycles. The fourth-order valence-corrected chi connectivity index (χ4v) is 1.85. The molecule has 1 fully saturated rings. The van der Waals surface area contributed by atoms with Crippen LogP contribution in [0.15, 0.2) is 10.6 Å². The molecule has 0 saturated heterocycles. The standard InChI is InChI=1S/C8H10Cl2O2/c1-8(2)4(3-5(9)10)6(8)7(11)12/h3-4,6H,1-2H3,(H,11,12)/p-1/t4-,6+/m1/s1. The number of carbonyl (C=O) groups is 1. The Bertz CT molecular complexity index is 241.